The van der Waals surface area contributed by atoms with E-state index in [-0.39, 0.29) is 28.8 Å². The lowest BCUT2D eigenvalue weighted by molar-refractivity contribution is -0.227. The monoisotopic (exact) mass is 282 g/mol. The van der Waals surface area contributed by atoms with Crippen molar-refractivity contribution in [3.05, 3.63) is 0 Å². The molecule has 0 aromatic carbocycles. The number of carbonyl (C=O) groups is 1. The minimum absolute atomic E-state index is 0.0640. The Morgan fingerprint density at radius 3 is 2.55 bits per heavy atom. The molecule has 114 valence electrons. The molecule has 4 heteroatoms. The molecule has 20 heavy (non-hydrogen) atoms. The molecule has 0 aromatic heterocycles. The molecule has 1 N–H and O–H groups in total. The highest BCUT2D eigenvalue weighted by Crippen LogP contribution is 2.64. The number of hydrogen-bond acceptors (Lipinski definition) is 4. The zero-order chi connectivity index (χ0) is 14.8. The van der Waals surface area contributed by atoms with Crippen LogP contribution < -0.4 is 0 Å². The van der Waals surface area contributed by atoms with E-state index in [2.05, 4.69) is 27.7 Å². The second-order valence-electron chi connectivity index (χ2n) is 7.97. The van der Waals surface area contributed by atoms with Crippen LogP contribution in [0, 0.1) is 22.7 Å². The predicted molar refractivity (Wildman–Crippen MR) is 74.2 cm³/mol. The summed E-state index contributed by atoms with van der Waals surface area (Å²) in [7, 11) is 0. The van der Waals surface area contributed by atoms with Gasteiger partial charge < -0.3 is 14.6 Å². The van der Waals surface area contributed by atoms with Crippen molar-refractivity contribution in [1.82, 2.24) is 0 Å². The van der Waals surface area contributed by atoms with E-state index in [0.717, 1.165) is 19.3 Å². The largest absolute Gasteiger partial charge is 0.509 e. The van der Waals surface area contributed by atoms with Crippen LogP contribution in [0.15, 0.2) is 0 Å². The zero-order valence-corrected chi connectivity index (χ0v) is 12.9. The Hall–Kier alpha value is -0.770. The summed E-state index contributed by atoms with van der Waals surface area (Å²) >= 11 is 0. The average Bonchev–Trinajstić information content (AvgIpc) is 2.70. The van der Waals surface area contributed by atoms with Gasteiger partial charge in [-0.05, 0) is 30.6 Å². The minimum atomic E-state index is -0.564. The fourth-order valence-corrected chi connectivity index (χ4v) is 5.65. The molecule has 0 radical (unpaired) electrons. The van der Waals surface area contributed by atoms with Crippen molar-refractivity contribution < 1.29 is 19.4 Å². The van der Waals surface area contributed by atoms with Gasteiger partial charge in [-0.25, -0.2) is 4.79 Å². The maximum absolute atomic E-state index is 11.6. The SMILES string of the molecule is CC1CC(O)[C@H]2C(C)(C)CCC[C@]2(C)[C@@]12COC(=O)O2. The van der Waals surface area contributed by atoms with Crippen LogP contribution in [0.25, 0.3) is 0 Å². The smallest absolute Gasteiger partial charge is 0.430 e. The highest BCUT2D eigenvalue weighted by Gasteiger charge is 2.69. The molecule has 3 fully saturated rings. The van der Waals surface area contributed by atoms with E-state index >= 15 is 0 Å². The van der Waals surface area contributed by atoms with Crippen LogP contribution in [0.3, 0.4) is 0 Å². The fourth-order valence-electron chi connectivity index (χ4n) is 5.65. The summed E-state index contributed by atoms with van der Waals surface area (Å²) < 4.78 is 10.9. The highest BCUT2D eigenvalue weighted by atomic mass is 16.8. The van der Waals surface area contributed by atoms with E-state index in [0.29, 0.717) is 13.0 Å². The van der Waals surface area contributed by atoms with Crippen LogP contribution in [0.2, 0.25) is 0 Å². The van der Waals surface area contributed by atoms with Gasteiger partial charge in [-0.1, -0.05) is 34.1 Å². The first-order chi connectivity index (χ1) is 9.23. The van der Waals surface area contributed by atoms with E-state index in [1.807, 2.05) is 0 Å². The Morgan fingerprint density at radius 1 is 1.25 bits per heavy atom. The zero-order valence-electron chi connectivity index (χ0n) is 12.9. The van der Waals surface area contributed by atoms with Gasteiger partial charge in [0.1, 0.15) is 6.61 Å². The molecule has 4 nitrogen and oxygen atoms in total. The van der Waals surface area contributed by atoms with E-state index < -0.39 is 11.8 Å². The number of cyclic esters (lactones) is 1. The first-order valence-corrected chi connectivity index (χ1v) is 7.77. The maximum Gasteiger partial charge on any atom is 0.509 e. The third-order valence-electron chi connectivity index (χ3n) is 6.46. The van der Waals surface area contributed by atoms with Crippen molar-refractivity contribution in [3.63, 3.8) is 0 Å². The van der Waals surface area contributed by atoms with Crippen LogP contribution in [0.1, 0.15) is 53.4 Å². The Bertz CT molecular complexity index is 432. The van der Waals surface area contributed by atoms with Gasteiger partial charge in [0.25, 0.3) is 0 Å². The Labute approximate surface area is 120 Å². The lowest BCUT2D eigenvalue weighted by Crippen LogP contribution is -2.67. The number of carbonyl (C=O) groups excluding carboxylic acids is 1. The van der Waals surface area contributed by atoms with Crippen LogP contribution in [0.4, 0.5) is 4.79 Å². The topological polar surface area (TPSA) is 55.8 Å². The van der Waals surface area contributed by atoms with Crippen molar-refractivity contribution in [2.24, 2.45) is 22.7 Å². The Balaban J connectivity index is 2.09. The quantitative estimate of drug-likeness (QED) is 0.694. The summed E-state index contributed by atoms with van der Waals surface area (Å²) in [4.78, 5) is 11.6. The Kier molecular flexibility index (Phi) is 2.92. The van der Waals surface area contributed by atoms with Crippen molar-refractivity contribution in [2.75, 3.05) is 6.61 Å². The molecule has 5 atom stereocenters. The summed E-state index contributed by atoms with van der Waals surface area (Å²) in [6, 6.07) is 0. The first-order valence-electron chi connectivity index (χ1n) is 7.77. The van der Waals surface area contributed by atoms with Gasteiger partial charge in [-0.15, -0.1) is 0 Å². The molecule has 1 aliphatic heterocycles. The molecular formula is C16H26O4. The third kappa shape index (κ3) is 1.60. The molecule has 0 bridgehead atoms. The molecule has 3 aliphatic rings. The molecule has 1 spiro atoms. The second-order valence-corrected chi connectivity index (χ2v) is 7.97. The van der Waals surface area contributed by atoms with Crippen molar-refractivity contribution in [1.29, 1.82) is 0 Å². The van der Waals surface area contributed by atoms with Crippen LogP contribution in [-0.2, 0) is 9.47 Å². The van der Waals surface area contributed by atoms with E-state index in [4.69, 9.17) is 9.47 Å². The standard InChI is InChI=1S/C16H26O4/c1-10-8-11(17)12-14(2,3)6-5-7-15(12,4)16(10)9-19-13(18)20-16/h10-12,17H,5-9H2,1-4H3/t10?,11?,12-,15-,16+/m0/s1. The van der Waals surface area contributed by atoms with Crippen LogP contribution in [0.5, 0.6) is 0 Å². The van der Waals surface area contributed by atoms with Gasteiger partial charge in [0.2, 0.25) is 0 Å². The summed E-state index contributed by atoms with van der Waals surface area (Å²) in [6.45, 7) is 9.08. The molecule has 2 unspecified atom stereocenters. The minimum Gasteiger partial charge on any atom is -0.430 e. The van der Waals surface area contributed by atoms with E-state index in [9.17, 15) is 9.90 Å². The number of hydrogen-bond donors (Lipinski definition) is 1. The number of aliphatic hydroxyl groups excluding tert-OH is 1. The van der Waals surface area contributed by atoms with Gasteiger partial charge in [-0.2, -0.15) is 0 Å². The fraction of sp³-hybridized carbons (Fsp3) is 0.938. The van der Waals surface area contributed by atoms with Crippen molar-refractivity contribution in [3.8, 4) is 0 Å². The van der Waals surface area contributed by atoms with Crippen LogP contribution >= 0.6 is 0 Å². The molecule has 2 saturated carbocycles. The molecular weight excluding hydrogens is 256 g/mol. The lowest BCUT2D eigenvalue weighted by atomic mass is 9.44. The Morgan fingerprint density at radius 2 is 1.95 bits per heavy atom. The summed E-state index contributed by atoms with van der Waals surface area (Å²) in [5.41, 5.74) is -0.710. The molecule has 3 rings (SSSR count). The van der Waals surface area contributed by atoms with E-state index in [1.54, 1.807) is 0 Å². The van der Waals surface area contributed by atoms with Crippen molar-refractivity contribution in [2.45, 2.75) is 65.1 Å². The molecule has 2 aliphatic carbocycles. The second kappa shape index (κ2) is 4.12. The number of rotatable bonds is 0. The normalized spacial score (nSPS) is 50.5. The summed E-state index contributed by atoms with van der Waals surface area (Å²) in [5.74, 6) is 0.272. The van der Waals surface area contributed by atoms with Gasteiger partial charge >= 0.3 is 6.16 Å². The predicted octanol–water partition coefficient (Wildman–Crippen LogP) is 3.13. The van der Waals surface area contributed by atoms with Crippen molar-refractivity contribution >= 4 is 6.16 Å². The summed E-state index contributed by atoms with van der Waals surface area (Å²) in [5, 5.41) is 10.7. The van der Waals surface area contributed by atoms with Gasteiger partial charge in [0.05, 0.1) is 6.10 Å². The molecule has 1 heterocycles. The highest BCUT2D eigenvalue weighted by molar-refractivity contribution is 5.63. The molecule has 0 amide bonds. The first kappa shape index (κ1) is 14.2. The summed E-state index contributed by atoms with van der Waals surface area (Å²) in [6.07, 6.45) is 3.02. The van der Waals surface area contributed by atoms with Gasteiger partial charge in [0, 0.05) is 11.3 Å². The number of ether oxygens (including phenoxy) is 2. The maximum atomic E-state index is 11.6. The van der Waals surface area contributed by atoms with E-state index in [1.165, 1.54) is 0 Å². The molecule has 0 aromatic rings. The third-order valence-corrected chi connectivity index (χ3v) is 6.46. The number of fused-ring (bicyclic) bond motifs is 2. The average molecular weight is 282 g/mol. The van der Waals surface area contributed by atoms with Gasteiger partial charge in [0.15, 0.2) is 5.60 Å². The lowest BCUT2D eigenvalue weighted by Gasteiger charge is -2.63. The van der Waals surface area contributed by atoms with Gasteiger partial charge in [-0.3, -0.25) is 0 Å². The van der Waals surface area contributed by atoms with Crippen LogP contribution in [-0.4, -0.2) is 29.6 Å². The molecule has 1 saturated heterocycles. The number of aliphatic hydroxyl groups is 1.